The summed E-state index contributed by atoms with van der Waals surface area (Å²) in [5, 5.41) is 3.12. The minimum atomic E-state index is 0. The molecule has 0 atom stereocenters. The lowest BCUT2D eigenvalue weighted by Crippen LogP contribution is -2.22. The number of hydrogen-bond acceptors (Lipinski definition) is 1. The molecule has 0 bridgehead atoms. The Balaban J connectivity index is 0.00000220. The number of aliphatic imine (C=N–C) groups is 1. The molecule has 0 saturated carbocycles. The van der Waals surface area contributed by atoms with Gasteiger partial charge in [0.25, 0.3) is 0 Å². The molecular formula is C16H19BrIN3. The van der Waals surface area contributed by atoms with Crippen LogP contribution in [0.5, 0.6) is 0 Å². The molecule has 2 rings (SSSR count). The summed E-state index contributed by atoms with van der Waals surface area (Å²) in [6.45, 7) is 2.69. The number of halogens is 2. The van der Waals surface area contributed by atoms with E-state index in [9.17, 15) is 0 Å². The van der Waals surface area contributed by atoms with Gasteiger partial charge in [-0.2, -0.15) is 0 Å². The van der Waals surface area contributed by atoms with Gasteiger partial charge in [0.1, 0.15) is 0 Å². The van der Waals surface area contributed by atoms with Gasteiger partial charge in [-0.15, -0.1) is 24.0 Å². The third kappa shape index (κ3) is 6.05. The van der Waals surface area contributed by atoms with Crippen LogP contribution in [0.25, 0.3) is 0 Å². The molecule has 112 valence electrons. The molecule has 2 aromatic rings. The quantitative estimate of drug-likeness (QED) is 0.400. The minimum absolute atomic E-state index is 0. The van der Waals surface area contributed by atoms with E-state index in [1.807, 2.05) is 36.4 Å². The molecule has 0 aliphatic heterocycles. The van der Waals surface area contributed by atoms with Gasteiger partial charge in [-0.1, -0.05) is 47.1 Å². The maximum Gasteiger partial charge on any atom is 0.193 e. The van der Waals surface area contributed by atoms with Gasteiger partial charge in [-0.3, -0.25) is 0 Å². The third-order valence-electron chi connectivity index (χ3n) is 2.93. The monoisotopic (exact) mass is 459 g/mol. The summed E-state index contributed by atoms with van der Waals surface area (Å²) in [4.78, 5) is 4.35. The molecule has 21 heavy (non-hydrogen) atoms. The molecule has 0 fully saturated rings. The summed E-state index contributed by atoms with van der Waals surface area (Å²) in [5.41, 5.74) is 9.27. The number of benzene rings is 2. The van der Waals surface area contributed by atoms with E-state index in [0.29, 0.717) is 12.5 Å². The molecule has 0 spiro atoms. The molecule has 3 nitrogen and oxygen atoms in total. The standard InChI is InChI=1S/C16H18BrN3.HI/c1-2-12-5-4-8-15(10-12)20-16(18)19-11-13-6-3-7-14(17)9-13;/h3-10H,2,11H2,1H3,(H3,18,19,20);1H. The average molecular weight is 460 g/mol. The largest absolute Gasteiger partial charge is 0.370 e. The molecule has 5 heteroatoms. The van der Waals surface area contributed by atoms with Crippen LogP contribution >= 0.6 is 39.9 Å². The van der Waals surface area contributed by atoms with E-state index in [0.717, 1.165) is 22.1 Å². The molecule has 3 N–H and O–H groups in total. The lowest BCUT2D eigenvalue weighted by atomic mass is 10.1. The number of guanidine groups is 1. The number of nitrogens with two attached hydrogens (primary N) is 1. The lowest BCUT2D eigenvalue weighted by Gasteiger charge is -2.07. The van der Waals surface area contributed by atoms with Gasteiger partial charge in [0, 0.05) is 10.2 Å². The number of anilines is 1. The fourth-order valence-corrected chi connectivity index (χ4v) is 2.31. The van der Waals surface area contributed by atoms with Crippen molar-refractivity contribution < 1.29 is 0 Å². The van der Waals surface area contributed by atoms with E-state index in [1.54, 1.807) is 0 Å². The van der Waals surface area contributed by atoms with Crippen molar-refractivity contribution in [3.63, 3.8) is 0 Å². The van der Waals surface area contributed by atoms with Crippen molar-refractivity contribution in [2.24, 2.45) is 10.7 Å². The lowest BCUT2D eigenvalue weighted by molar-refractivity contribution is 1.06. The Morgan fingerprint density at radius 3 is 2.57 bits per heavy atom. The highest BCUT2D eigenvalue weighted by atomic mass is 127. The van der Waals surface area contributed by atoms with Crippen LogP contribution < -0.4 is 11.1 Å². The first-order chi connectivity index (χ1) is 9.67. The Morgan fingerprint density at radius 1 is 1.14 bits per heavy atom. The van der Waals surface area contributed by atoms with E-state index in [2.05, 4.69) is 45.3 Å². The second-order valence-electron chi connectivity index (χ2n) is 4.51. The second kappa shape index (κ2) is 9.04. The highest BCUT2D eigenvalue weighted by Gasteiger charge is 1.97. The van der Waals surface area contributed by atoms with Crippen LogP contribution in [0.4, 0.5) is 5.69 Å². The number of aryl methyl sites for hydroxylation is 1. The highest BCUT2D eigenvalue weighted by Crippen LogP contribution is 2.13. The molecule has 0 heterocycles. The molecule has 0 radical (unpaired) electrons. The van der Waals surface area contributed by atoms with E-state index in [4.69, 9.17) is 5.73 Å². The van der Waals surface area contributed by atoms with Crippen LogP contribution in [0, 0.1) is 0 Å². The van der Waals surface area contributed by atoms with Crippen LogP contribution in [0.1, 0.15) is 18.1 Å². The van der Waals surface area contributed by atoms with Crippen LogP contribution in [-0.2, 0) is 13.0 Å². The van der Waals surface area contributed by atoms with Crippen LogP contribution in [0.3, 0.4) is 0 Å². The SMILES string of the molecule is CCc1cccc(NC(N)=NCc2cccc(Br)c2)c1.I. The minimum Gasteiger partial charge on any atom is -0.370 e. The number of hydrogen-bond donors (Lipinski definition) is 2. The third-order valence-corrected chi connectivity index (χ3v) is 3.42. The van der Waals surface area contributed by atoms with Gasteiger partial charge < -0.3 is 11.1 Å². The fraction of sp³-hybridized carbons (Fsp3) is 0.188. The smallest absolute Gasteiger partial charge is 0.193 e. The van der Waals surface area contributed by atoms with E-state index in [1.165, 1.54) is 5.56 Å². The van der Waals surface area contributed by atoms with E-state index >= 15 is 0 Å². The predicted molar refractivity (Wildman–Crippen MR) is 104 cm³/mol. The summed E-state index contributed by atoms with van der Waals surface area (Å²) < 4.78 is 1.05. The first-order valence-electron chi connectivity index (χ1n) is 6.57. The van der Waals surface area contributed by atoms with Gasteiger partial charge >= 0.3 is 0 Å². The Morgan fingerprint density at radius 2 is 1.86 bits per heavy atom. The summed E-state index contributed by atoms with van der Waals surface area (Å²) >= 11 is 3.44. The van der Waals surface area contributed by atoms with Crippen molar-refractivity contribution in [3.8, 4) is 0 Å². The first kappa shape index (κ1) is 18.0. The van der Waals surface area contributed by atoms with Crippen LogP contribution in [0.2, 0.25) is 0 Å². The summed E-state index contributed by atoms with van der Waals surface area (Å²) in [6.07, 6.45) is 1.00. The second-order valence-corrected chi connectivity index (χ2v) is 5.43. The Hall–Kier alpha value is -1.08. The van der Waals surface area contributed by atoms with Crippen molar-refractivity contribution in [3.05, 3.63) is 64.1 Å². The zero-order valence-corrected chi connectivity index (χ0v) is 15.8. The van der Waals surface area contributed by atoms with Gasteiger partial charge in [0.05, 0.1) is 6.54 Å². The maximum absolute atomic E-state index is 5.91. The topological polar surface area (TPSA) is 50.4 Å². The number of nitrogens with zero attached hydrogens (tertiary/aromatic N) is 1. The van der Waals surface area contributed by atoms with Crippen molar-refractivity contribution in [1.29, 1.82) is 0 Å². The number of rotatable bonds is 4. The fourth-order valence-electron chi connectivity index (χ4n) is 1.87. The van der Waals surface area contributed by atoms with Gasteiger partial charge in [0.2, 0.25) is 0 Å². The summed E-state index contributed by atoms with van der Waals surface area (Å²) in [6, 6.07) is 16.2. The molecule has 0 aliphatic rings. The molecule has 0 unspecified atom stereocenters. The Bertz CT molecular complexity index is 614. The van der Waals surface area contributed by atoms with Gasteiger partial charge in [-0.05, 0) is 41.8 Å². The highest BCUT2D eigenvalue weighted by molar-refractivity contribution is 14.0. The Labute approximate surface area is 151 Å². The number of nitrogens with one attached hydrogen (secondary N) is 1. The molecule has 0 aliphatic carbocycles. The molecule has 0 saturated heterocycles. The summed E-state index contributed by atoms with van der Waals surface area (Å²) in [5.74, 6) is 0.429. The molecular weight excluding hydrogens is 441 g/mol. The first-order valence-corrected chi connectivity index (χ1v) is 7.37. The summed E-state index contributed by atoms with van der Waals surface area (Å²) in [7, 11) is 0. The van der Waals surface area contributed by atoms with Crippen LogP contribution in [0.15, 0.2) is 58.0 Å². The van der Waals surface area contributed by atoms with Gasteiger partial charge in [-0.25, -0.2) is 4.99 Å². The molecule has 0 aromatic heterocycles. The predicted octanol–water partition coefficient (Wildman–Crippen LogP) is 4.56. The van der Waals surface area contributed by atoms with E-state index in [-0.39, 0.29) is 24.0 Å². The zero-order valence-electron chi connectivity index (χ0n) is 11.8. The zero-order chi connectivity index (χ0) is 14.4. The normalized spacial score (nSPS) is 10.9. The van der Waals surface area contributed by atoms with Gasteiger partial charge in [0.15, 0.2) is 5.96 Å². The van der Waals surface area contributed by atoms with Crippen molar-refractivity contribution in [1.82, 2.24) is 0 Å². The van der Waals surface area contributed by atoms with Crippen molar-refractivity contribution in [2.45, 2.75) is 19.9 Å². The van der Waals surface area contributed by atoms with Crippen molar-refractivity contribution in [2.75, 3.05) is 5.32 Å². The molecule has 2 aromatic carbocycles. The Kier molecular flexibility index (Phi) is 7.74. The molecule has 0 amide bonds. The van der Waals surface area contributed by atoms with Crippen LogP contribution in [-0.4, -0.2) is 5.96 Å². The average Bonchev–Trinajstić information content (AvgIpc) is 2.45. The maximum atomic E-state index is 5.91. The van der Waals surface area contributed by atoms with E-state index < -0.39 is 0 Å². The van der Waals surface area contributed by atoms with Crippen molar-refractivity contribution >= 4 is 51.6 Å².